The van der Waals surface area contributed by atoms with Crippen molar-refractivity contribution in [2.45, 2.75) is 31.6 Å². The van der Waals surface area contributed by atoms with Crippen molar-refractivity contribution < 1.29 is 13.9 Å². The molecule has 0 aromatic heterocycles. The van der Waals surface area contributed by atoms with Crippen molar-refractivity contribution in [2.75, 3.05) is 6.61 Å². The topological polar surface area (TPSA) is 20.2 Å². The van der Waals surface area contributed by atoms with Crippen molar-refractivity contribution >= 4 is 0 Å². The highest BCUT2D eigenvalue weighted by atomic mass is 19.3. The number of halogens is 2. The highest BCUT2D eigenvalue weighted by Crippen LogP contribution is 2.61. The summed E-state index contributed by atoms with van der Waals surface area (Å²) < 4.78 is 26.3. The summed E-state index contributed by atoms with van der Waals surface area (Å²) >= 11 is 0. The van der Waals surface area contributed by atoms with Crippen molar-refractivity contribution in [3.05, 3.63) is 0 Å². The van der Waals surface area contributed by atoms with Crippen LogP contribution in [-0.2, 0) is 0 Å². The van der Waals surface area contributed by atoms with E-state index in [0.29, 0.717) is 12.8 Å². The molecular weight excluding hydrogens is 150 g/mol. The summed E-state index contributed by atoms with van der Waals surface area (Å²) in [6.45, 7) is -0.337. The predicted molar refractivity (Wildman–Crippen MR) is 36.4 cm³/mol. The van der Waals surface area contributed by atoms with Gasteiger partial charge in [0.25, 0.3) is 5.92 Å². The average molecular weight is 162 g/mol. The number of rotatable bonds is 1. The van der Waals surface area contributed by atoms with Crippen LogP contribution in [0.1, 0.15) is 25.7 Å². The fourth-order valence-corrected chi connectivity index (χ4v) is 2.58. The van der Waals surface area contributed by atoms with Crippen molar-refractivity contribution in [3.8, 4) is 0 Å². The van der Waals surface area contributed by atoms with Crippen LogP contribution in [0.2, 0.25) is 0 Å². The second-order valence-corrected chi connectivity index (χ2v) is 3.96. The Morgan fingerprint density at radius 1 is 1.36 bits per heavy atom. The number of fused-ring (bicyclic) bond motifs is 2. The molecule has 0 aliphatic heterocycles. The molecule has 0 aromatic rings. The molecule has 0 radical (unpaired) electrons. The van der Waals surface area contributed by atoms with Crippen LogP contribution in [0.25, 0.3) is 0 Å². The van der Waals surface area contributed by atoms with E-state index in [1.165, 1.54) is 0 Å². The minimum atomic E-state index is -2.59. The molecule has 2 aliphatic carbocycles. The molecule has 3 heteroatoms. The lowest BCUT2D eigenvalue weighted by atomic mass is 9.82. The Bertz CT molecular complexity index is 181. The van der Waals surface area contributed by atoms with E-state index in [2.05, 4.69) is 0 Å². The maximum Gasteiger partial charge on any atom is 0.256 e. The van der Waals surface area contributed by atoms with Crippen LogP contribution >= 0.6 is 0 Å². The second kappa shape index (κ2) is 1.94. The minimum Gasteiger partial charge on any atom is -0.396 e. The van der Waals surface area contributed by atoms with Crippen LogP contribution in [0.3, 0.4) is 0 Å². The molecule has 0 saturated heterocycles. The smallest absolute Gasteiger partial charge is 0.256 e. The minimum absolute atomic E-state index is 0.00750. The van der Waals surface area contributed by atoms with Crippen LogP contribution in [-0.4, -0.2) is 17.6 Å². The van der Waals surface area contributed by atoms with Gasteiger partial charge in [-0.3, -0.25) is 0 Å². The van der Waals surface area contributed by atoms with Crippen LogP contribution in [0.5, 0.6) is 0 Å². The lowest BCUT2D eigenvalue weighted by molar-refractivity contribution is -0.129. The first kappa shape index (κ1) is 7.47. The van der Waals surface area contributed by atoms with Gasteiger partial charge in [-0.2, -0.15) is 0 Å². The Hall–Kier alpha value is -0.180. The third kappa shape index (κ3) is 0.776. The van der Waals surface area contributed by atoms with E-state index >= 15 is 0 Å². The van der Waals surface area contributed by atoms with E-state index in [-0.39, 0.29) is 18.9 Å². The molecule has 0 spiro atoms. The van der Waals surface area contributed by atoms with E-state index < -0.39 is 11.3 Å². The van der Waals surface area contributed by atoms with Crippen LogP contribution in [0.4, 0.5) is 8.78 Å². The first-order chi connectivity index (χ1) is 5.10. The Balaban J connectivity index is 2.29. The zero-order chi connectivity index (χ0) is 8.11. The molecule has 1 nitrogen and oxygen atoms in total. The molecule has 0 heterocycles. The van der Waals surface area contributed by atoms with Gasteiger partial charge in [0, 0.05) is 6.42 Å². The normalized spacial score (nSPS) is 46.6. The lowest BCUT2D eigenvalue weighted by Crippen LogP contribution is -2.39. The Labute approximate surface area is 64.4 Å². The standard InChI is InChI=1S/C8H12F2O/c9-8(10)4-6-1-2-7(8,3-6)5-11/h6,11H,1-5H2. The van der Waals surface area contributed by atoms with E-state index in [1.807, 2.05) is 0 Å². The van der Waals surface area contributed by atoms with Gasteiger partial charge < -0.3 is 5.11 Å². The molecular formula is C8H12F2O. The van der Waals surface area contributed by atoms with Crippen LogP contribution < -0.4 is 0 Å². The maximum absolute atomic E-state index is 13.1. The van der Waals surface area contributed by atoms with Gasteiger partial charge in [-0.15, -0.1) is 0 Å². The monoisotopic (exact) mass is 162 g/mol. The van der Waals surface area contributed by atoms with Crippen molar-refractivity contribution in [2.24, 2.45) is 11.3 Å². The average Bonchev–Trinajstić information content (AvgIpc) is 2.41. The number of aliphatic hydroxyl groups is 1. The molecule has 2 rings (SSSR count). The molecule has 0 amide bonds. The molecule has 2 saturated carbocycles. The molecule has 11 heavy (non-hydrogen) atoms. The molecule has 1 N–H and O–H groups in total. The summed E-state index contributed by atoms with van der Waals surface area (Å²) in [7, 11) is 0. The van der Waals surface area contributed by atoms with Gasteiger partial charge in [0.15, 0.2) is 0 Å². The van der Waals surface area contributed by atoms with Crippen molar-refractivity contribution in [1.29, 1.82) is 0 Å². The second-order valence-electron chi connectivity index (χ2n) is 3.96. The van der Waals surface area contributed by atoms with Gasteiger partial charge in [-0.25, -0.2) is 8.78 Å². The SMILES string of the molecule is OCC12CCC(CC1(F)F)C2. The Kier molecular flexibility index (Phi) is 1.32. The summed E-state index contributed by atoms with van der Waals surface area (Å²) in [6.07, 6.45) is 1.95. The summed E-state index contributed by atoms with van der Waals surface area (Å²) in [5.74, 6) is -2.41. The van der Waals surface area contributed by atoms with Gasteiger partial charge in [-0.05, 0) is 25.2 Å². The summed E-state index contributed by atoms with van der Waals surface area (Å²) in [5.41, 5.74) is -1.03. The summed E-state index contributed by atoms with van der Waals surface area (Å²) in [5, 5.41) is 8.90. The van der Waals surface area contributed by atoms with E-state index in [9.17, 15) is 8.78 Å². The number of hydrogen-bond acceptors (Lipinski definition) is 1. The third-order valence-electron chi connectivity index (χ3n) is 3.33. The van der Waals surface area contributed by atoms with Gasteiger partial charge in [0.2, 0.25) is 0 Å². The maximum atomic E-state index is 13.1. The fraction of sp³-hybridized carbons (Fsp3) is 1.00. The van der Waals surface area contributed by atoms with Crippen molar-refractivity contribution in [3.63, 3.8) is 0 Å². The first-order valence-electron chi connectivity index (χ1n) is 4.08. The third-order valence-corrected chi connectivity index (χ3v) is 3.33. The molecule has 64 valence electrons. The largest absolute Gasteiger partial charge is 0.396 e. The Morgan fingerprint density at radius 2 is 2.09 bits per heavy atom. The molecule has 2 bridgehead atoms. The van der Waals surface area contributed by atoms with Gasteiger partial charge >= 0.3 is 0 Å². The lowest BCUT2D eigenvalue weighted by Gasteiger charge is -2.32. The molecule has 2 aliphatic rings. The number of aliphatic hydroxyl groups excluding tert-OH is 1. The quantitative estimate of drug-likeness (QED) is 0.623. The van der Waals surface area contributed by atoms with Crippen molar-refractivity contribution in [1.82, 2.24) is 0 Å². The zero-order valence-corrected chi connectivity index (χ0v) is 6.32. The summed E-state index contributed by atoms with van der Waals surface area (Å²) in [4.78, 5) is 0. The van der Waals surface area contributed by atoms with Gasteiger partial charge in [-0.1, -0.05) is 0 Å². The van der Waals surface area contributed by atoms with Gasteiger partial charge in [0.05, 0.1) is 12.0 Å². The predicted octanol–water partition coefficient (Wildman–Crippen LogP) is 1.80. The highest BCUT2D eigenvalue weighted by Gasteiger charge is 2.63. The number of hydrogen-bond donors (Lipinski definition) is 1. The van der Waals surface area contributed by atoms with E-state index in [0.717, 1.165) is 6.42 Å². The first-order valence-corrected chi connectivity index (χ1v) is 4.08. The van der Waals surface area contributed by atoms with E-state index in [1.54, 1.807) is 0 Å². The molecule has 0 aromatic carbocycles. The summed E-state index contributed by atoms with van der Waals surface area (Å²) in [6, 6.07) is 0. The Morgan fingerprint density at radius 3 is 2.36 bits per heavy atom. The van der Waals surface area contributed by atoms with Crippen LogP contribution in [0, 0.1) is 11.3 Å². The molecule has 2 atom stereocenters. The van der Waals surface area contributed by atoms with E-state index in [4.69, 9.17) is 5.11 Å². The zero-order valence-electron chi connectivity index (χ0n) is 6.32. The van der Waals surface area contributed by atoms with Gasteiger partial charge in [0.1, 0.15) is 0 Å². The fourth-order valence-electron chi connectivity index (χ4n) is 2.58. The number of alkyl halides is 2. The molecule has 2 fully saturated rings. The highest BCUT2D eigenvalue weighted by molar-refractivity contribution is 5.06. The van der Waals surface area contributed by atoms with Crippen LogP contribution in [0.15, 0.2) is 0 Å². The molecule has 2 unspecified atom stereocenters.